The van der Waals surface area contributed by atoms with Crippen molar-refractivity contribution in [3.63, 3.8) is 0 Å². The van der Waals surface area contributed by atoms with E-state index in [2.05, 4.69) is 40.5 Å². The summed E-state index contributed by atoms with van der Waals surface area (Å²) in [6.45, 7) is 14.4. The molecule has 0 atom stereocenters. The van der Waals surface area contributed by atoms with Crippen molar-refractivity contribution in [3.8, 4) is 11.5 Å². The van der Waals surface area contributed by atoms with Gasteiger partial charge in [-0.1, -0.05) is 43.6 Å². The number of amides is 1. The van der Waals surface area contributed by atoms with Crippen molar-refractivity contribution < 1.29 is 19.0 Å². The smallest absolute Gasteiger partial charge is 0.246 e. The van der Waals surface area contributed by atoms with E-state index in [0.29, 0.717) is 65.8 Å². The highest BCUT2D eigenvalue weighted by Gasteiger charge is 2.31. The number of aromatic nitrogens is 2. The number of hydrogen-bond donors (Lipinski definition) is 1. The molecule has 2 aliphatic heterocycles. The molecule has 1 fully saturated rings. The highest BCUT2D eigenvalue weighted by Crippen LogP contribution is 2.45. The number of carbonyl (C=O) groups is 1. The van der Waals surface area contributed by atoms with Crippen molar-refractivity contribution in [1.82, 2.24) is 19.8 Å². The van der Waals surface area contributed by atoms with Crippen molar-refractivity contribution >= 4 is 52.5 Å². The van der Waals surface area contributed by atoms with Crippen LogP contribution in [0.2, 0.25) is 10.0 Å². The second-order valence-electron chi connectivity index (χ2n) is 10.1. The van der Waals surface area contributed by atoms with Crippen LogP contribution in [0.15, 0.2) is 24.9 Å². The van der Waals surface area contributed by atoms with Gasteiger partial charge >= 0.3 is 0 Å². The molecule has 2 aliphatic rings. The SMILES string of the molecule is C=CC(=O)N1CC(OCCN2CC(c3c(Cl)c(OC)cc(OC)c3Cl)=Cc3cnc(NCCCN(CC)CC)nc32)C1. The fraction of sp³-hybridized carbons (Fsp3) is 0.500. The fourth-order valence-corrected chi connectivity index (χ4v) is 5.81. The summed E-state index contributed by atoms with van der Waals surface area (Å²) in [5.74, 6) is 2.23. The molecule has 1 saturated heterocycles. The lowest BCUT2D eigenvalue weighted by molar-refractivity contribution is -0.139. The van der Waals surface area contributed by atoms with E-state index in [0.717, 1.165) is 49.6 Å². The van der Waals surface area contributed by atoms with Crippen LogP contribution in [0, 0.1) is 0 Å². The van der Waals surface area contributed by atoms with Gasteiger partial charge in [-0.05, 0) is 43.8 Å². The summed E-state index contributed by atoms with van der Waals surface area (Å²) < 4.78 is 17.1. The Morgan fingerprint density at radius 3 is 2.50 bits per heavy atom. The van der Waals surface area contributed by atoms with Gasteiger partial charge in [0.25, 0.3) is 0 Å². The Labute approximate surface area is 258 Å². The number of nitrogens with zero attached hydrogens (tertiary/aromatic N) is 5. The number of benzene rings is 1. The minimum atomic E-state index is -0.0779. The van der Waals surface area contributed by atoms with Gasteiger partial charge in [0, 0.05) is 56.1 Å². The molecule has 4 rings (SSSR count). The van der Waals surface area contributed by atoms with Crippen molar-refractivity contribution in [2.75, 3.05) is 83.4 Å². The van der Waals surface area contributed by atoms with E-state index in [-0.39, 0.29) is 12.0 Å². The van der Waals surface area contributed by atoms with Crippen LogP contribution in [0.1, 0.15) is 31.4 Å². The van der Waals surface area contributed by atoms with E-state index >= 15 is 0 Å². The van der Waals surface area contributed by atoms with E-state index in [1.54, 1.807) is 25.2 Å². The zero-order chi connectivity index (χ0) is 30.2. The first-order valence-electron chi connectivity index (χ1n) is 14.2. The van der Waals surface area contributed by atoms with Gasteiger partial charge in [0.15, 0.2) is 0 Å². The van der Waals surface area contributed by atoms with Crippen LogP contribution in [0.4, 0.5) is 11.8 Å². The fourth-order valence-electron chi connectivity index (χ4n) is 5.06. The first kappa shape index (κ1) is 31.9. The summed E-state index contributed by atoms with van der Waals surface area (Å²) >= 11 is 13.6. The van der Waals surface area contributed by atoms with Crippen LogP contribution >= 0.6 is 23.2 Å². The van der Waals surface area contributed by atoms with Gasteiger partial charge in [0.1, 0.15) is 17.3 Å². The minimum absolute atomic E-state index is 0.00635. The van der Waals surface area contributed by atoms with Gasteiger partial charge in [0.05, 0.1) is 37.0 Å². The first-order valence-corrected chi connectivity index (χ1v) is 15.0. The van der Waals surface area contributed by atoms with Crippen LogP contribution in [0.25, 0.3) is 11.6 Å². The highest BCUT2D eigenvalue weighted by molar-refractivity contribution is 6.39. The van der Waals surface area contributed by atoms with Crippen LogP contribution in [0.3, 0.4) is 0 Å². The number of anilines is 2. The lowest BCUT2D eigenvalue weighted by Gasteiger charge is -2.39. The summed E-state index contributed by atoms with van der Waals surface area (Å²) in [7, 11) is 3.11. The number of carbonyl (C=O) groups excluding carboxylic acids is 1. The van der Waals surface area contributed by atoms with Crippen LogP contribution in [0.5, 0.6) is 11.5 Å². The van der Waals surface area contributed by atoms with Gasteiger partial charge in [-0.15, -0.1) is 0 Å². The summed E-state index contributed by atoms with van der Waals surface area (Å²) in [5, 5.41) is 4.19. The molecule has 0 spiro atoms. The Bertz CT molecular complexity index is 1270. The third-order valence-electron chi connectivity index (χ3n) is 7.56. The summed E-state index contributed by atoms with van der Waals surface area (Å²) in [4.78, 5) is 27.5. The van der Waals surface area contributed by atoms with Crippen LogP contribution in [-0.2, 0) is 9.53 Å². The number of fused-ring (bicyclic) bond motifs is 1. The number of likely N-dealkylation sites (tertiary alicyclic amines) is 1. The molecule has 1 aromatic heterocycles. The van der Waals surface area contributed by atoms with Gasteiger partial charge in [0.2, 0.25) is 11.9 Å². The molecule has 1 amide bonds. The lowest BCUT2D eigenvalue weighted by Crippen LogP contribution is -2.54. The molecule has 228 valence electrons. The predicted octanol–water partition coefficient (Wildman–Crippen LogP) is 4.72. The molecule has 42 heavy (non-hydrogen) atoms. The second kappa shape index (κ2) is 14.9. The molecular formula is C30H40Cl2N6O4. The number of nitrogens with one attached hydrogen (secondary N) is 1. The maximum Gasteiger partial charge on any atom is 0.246 e. The first-order chi connectivity index (χ1) is 20.3. The molecule has 12 heteroatoms. The number of halogens is 2. The average Bonchev–Trinajstić information content (AvgIpc) is 2.98. The maximum absolute atomic E-state index is 11.8. The average molecular weight is 620 g/mol. The normalized spacial score (nSPS) is 14.8. The van der Waals surface area contributed by atoms with Gasteiger partial charge in [-0.25, -0.2) is 4.98 Å². The minimum Gasteiger partial charge on any atom is -0.495 e. The highest BCUT2D eigenvalue weighted by atomic mass is 35.5. The van der Waals surface area contributed by atoms with Gasteiger partial charge in [-0.3, -0.25) is 4.79 Å². The molecule has 0 radical (unpaired) electrons. The molecule has 1 N–H and O–H groups in total. The molecule has 3 heterocycles. The molecule has 2 aromatic rings. The van der Waals surface area contributed by atoms with E-state index in [9.17, 15) is 4.79 Å². The molecule has 1 aromatic carbocycles. The zero-order valence-electron chi connectivity index (χ0n) is 24.8. The third-order valence-corrected chi connectivity index (χ3v) is 8.31. The topological polar surface area (TPSA) is 92.3 Å². The number of methoxy groups -OCH3 is 2. The third kappa shape index (κ3) is 7.29. The summed E-state index contributed by atoms with van der Waals surface area (Å²) in [6.07, 6.45) is 6.13. The quantitative estimate of drug-likeness (QED) is 0.225. The lowest BCUT2D eigenvalue weighted by atomic mass is 9.98. The zero-order valence-corrected chi connectivity index (χ0v) is 26.3. The second-order valence-corrected chi connectivity index (χ2v) is 10.9. The number of ether oxygens (including phenoxy) is 3. The Balaban J connectivity index is 1.55. The standard InChI is InChI=1S/C30H40Cl2N6O4/c1-6-25(39)38-18-22(19-38)42-13-12-37-17-21(26-27(31)23(40-4)15-24(41-5)28(26)32)14-20-16-34-30(35-29(20)37)33-10-9-11-36(7-2)8-3/h6,14-16,22H,1,7-13,17-19H2,2-5H3,(H,33,34,35). The summed E-state index contributed by atoms with van der Waals surface area (Å²) in [5.41, 5.74) is 2.36. The Kier molecular flexibility index (Phi) is 11.3. The monoisotopic (exact) mass is 618 g/mol. The Morgan fingerprint density at radius 1 is 1.19 bits per heavy atom. The van der Waals surface area contributed by atoms with Crippen molar-refractivity contribution in [2.24, 2.45) is 0 Å². The largest absolute Gasteiger partial charge is 0.495 e. The predicted molar refractivity (Wildman–Crippen MR) is 169 cm³/mol. The Morgan fingerprint density at radius 2 is 1.88 bits per heavy atom. The molecule has 0 bridgehead atoms. The van der Waals surface area contributed by atoms with Crippen molar-refractivity contribution in [2.45, 2.75) is 26.4 Å². The van der Waals surface area contributed by atoms with Gasteiger partial charge < -0.3 is 34.2 Å². The van der Waals surface area contributed by atoms with Crippen LogP contribution < -0.4 is 19.7 Å². The molecule has 0 unspecified atom stereocenters. The van der Waals surface area contributed by atoms with E-state index < -0.39 is 0 Å². The van der Waals surface area contributed by atoms with E-state index in [1.807, 2.05) is 12.3 Å². The maximum atomic E-state index is 11.8. The molecule has 0 aliphatic carbocycles. The molecular weight excluding hydrogens is 579 g/mol. The van der Waals surface area contributed by atoms with Crippen LogP contribution in [-0.4, -0.2) is 105 Å². The van der Waals surface area contributed by atoms with Crippen molar-refractivity contribution in [1.29, 1.82) is 0 Å². The molecule has 0 saturated carbocycles. The van der Waals surface area contributed by atoms with Crippen molar-refractivity contribution in [3.05, 3.63) is 46.1 Å². The van der Waals surface area contributed by atoms with Gasteiger partial charge in [-0.2, -0.15) is 4.98 Å². The van der Waals surface area contributed by atoms with E-state index in [1.165, 1.54) is 6.08 Å². The molecule has 10 nitrogen and oxygen atoms in total. The van der Waals surface area contributed by atoms with E-state index in [4.69, 9.17) is 42.4 Å². The number of hydrogen-bond acceptors (Lipinski definition) is 9. The summed E-state index contributed by atoms with van der Waals surface area (Å²) in [6, 6.07) is 1.68. The number of rotatable bonds is 15. The Hall–Kier alpha value is -3.05.